The molecule has 0 radical (unpaired) electrons. The molecule has 0 aromatic carbocycles. The number of amides is 1. The zero-order chi connectivity index (χ0) is 13.4. The van der Waals surface area contributed by atoms with Crippen molar-refractivity contribution in [3.8, 4) is 0 Å². The molecule has 0 saturated carbocycles. The molecule has 2 N–H and O–H groups in total. The summed E-state index contributed by atoms with van der Waals surface area (Å²) in [5.74, 6) is 0.359. The highest BCUT2D eigenvalue weighted by molar-refractivity contribution is 8.00. The molecule has 2 unspecified atom stereocenters. The number of aliphatic hydroxyl groups excluding tert-OH is 1. The van der Waals surface area contributed by atoms with E-state index >= 15 is 0 Å². The third-order valence-corrected chi connectivity index (χ3v) is 4.62. The minimum atomic E-state index is -0.0319. The molecular formula is C12H18N2O2S2. The molecule has 0 aliphatic rings. The van der Waals surface area contributed by atoms with Gasteiger partial charge >= 0.3 is 0 Å². The Hall–Kier alpha value is -0.720. The fourth-order valence-electron chi connectivity index (χ4n) is 1.41. The molecule has 1 aromatic heterocycles. The lowest BCUT2D eigenvalue weighted by Crippen LogP contribution is -2.42. The maximum absolute atomic E-state index is 11.7. The Morgan fingerprint density at radius 2 is 2.17 bits per heavy atom. The van der Waals surface area contributed by atoms with Crippen molar-refractivity contribution >= 4 is 29.4 Å². The average molecular weight is 286 g/mol. The van der Waals surface area contributed by atoms with Crippen molar-refractivity contribution in [2.45, 2.75) is 23.1 Å². The van der Waals surface area contributed by atoms with Crippen molar-refractivity contribution < 1.29 is 9.90 Å². The van der Waals surface area contributed by atoms with Crippen LogP contribution in [0.5, 0.6) is 0 Å². The standard InChI is InChI=1S/C12H18N2O2S2/c1-9(11(7-15)17-2)14-12(16)8-18-10-3-5-13-6-4-10/h3-6,9,11,15H,7-8H2,1-2H3,(H,14,16). The Kier molecular flexibility index (Phi) is 7.15. The van der Waals surface area contributed by atoms with E-state index in [9.17, 15) is 4.79 Å². The topological polar surface area (TPSA) is 62.2 Å². The summed E-state index contributed by atoms with van der Waals surface area (Å²) >= 11 is 3.03. The molecule has 1 aromatic rings. The van der Waals surface area contributed by atoms with E-state index in [0.717, 1.165) is 4.90 Å². The van der Waals surface area contributed by atoms with Gasteiger partial charge in [0.2, 0.25) is 5.91 Å². The van der Waals surface area contributed by atoms with Gasteiger partial charge in [-0.05, 0) is 25.3 Å². The van der Waals surface area contributed by atoms with Gasteiger partial charge in [-0.25, -0.2) is 0 Å². The number of nitrogens with zero attached hydrogens (tertiary/aromatic N) is 1. The molecule has 1 heterocycles. The Bertz CT molecular complexity index is 358. The van der Waals surface area contributed by atoms with Crippen LogP contribution in [0.15, 0.2) is 29.4 Å². The summed E-state index contributed by atoms with van der Waals surface area (Å²) in [6.45, 7) is 1.98. The maximum atomic E-state index is 11.7. The average Bonchev–Trinajstić information content (AvgIpc) is 2.39. The number of aromatic nitrogens is 1. The van der Waals surface area contributed by atoms with E-state index in [4.69, 9.17) is 5.11 Å². The van der Waals surface area contributed by atoms with E-state index in [2.05, 4.69) is 10.3 Å². The Labute approximate surface area is 116 Å². The van der Waals surface area contributed by atoms with Gasteiger partial charge in [-0.15, -0.1) is 11.8 Å². The van der Waals surface area contributed by atoms with Gasteiger partial charge in [0.25, 0.3) is 0 Å². The van der Waals surface area contributed by atoms with Gasteiger partial charge in [0, 0.05) is 28.6 Å². The highest BCUT2D eigenvalue weighted by atomic mass is 32.2. The van der Waals surface area contributed by atoms with Crippen LogP contribution in [0.4, 0.5) is 0 Å². The van der Waals surface area contributed by atoms with Gasteiger partial charge in [-0.1, -0.05) is 0 Å². The number of pyridine rings is 1. The van der Waals surface area contributed by atoms with Gasteiger partial charge in [-0.3, -0.25) is 9.78 Å². The molecular weight excluding hydrogens is 268 g/mol. The lowest BCUT2D eigenvalue weighted by atomic mass is 10.2. The van der Waals surface area contributed by atoms with Crippen molar-refractivity contribution in [1.29, 1.82) is 0 Å². The lowest BCUT2D eigenvalue weighted by molar-refractivity contribution is -0.119. The van der Waals surface area contributed by atoms with Crippen molar-refractivity contribution in [2.75, 3.05) is 18.6 Å². The third kappa shape index (κ3) is 5.29. The van der Waals surface area contributed by atoms with E-state index in [1.54, 1.807) is 24.2 Å². The van der Waals surface area contributed by atoms with Crippen LogP contribution in [0.1, 0.15) is 6.92 Å². The monoisotopic (exact) mass is 286 g/mol. The van der Waals surface area contributed by atoms with Gasteiger partial charge in [-0.2, -0.15) is 11.8 Å². The Morgan fingerprint density at radius 1 is 1.50 bits per heavy atom. The molecule has 0 aliphatic heterocycles. The summed E-state index contributed by atoms with van der Waals surface area (Å²) in [5, 5.41) is 12.1. The SMILES string of the molecule is CSC(CO)C(C)NC(=O)CSc1ccncc1. The molecule has 18 heavy (non-hydrogen) atoms. The molecule has 1 rings (SSSR count). The Morgan fingerprint density at radius 3 is 2.72 bits per heavy atom. The largest absolute Gasteiger partial charge is 0.395 e. The number of hydrogen-bond donors (Lipinski definition) is 2. The number of aliphatic hydroxyl groups is 1. The van der Waals surface area contributed by atoms with Gasteiger partial charge < -0.3 is 10.4 Å². The first kappa shape index (κ1) is 15.3. The van der Waals surface area contributed by atoms with Crippen LogP contribution in [0.2, 0.25) is 0 Å². The van der Waals surface area contributed by atoms with Crippen LogP contribution >= 0.6 is 23.5 Å². The number of nitrogens with one attached hydrogen (secondary N) is 1. The van der Waals surface area contributed by atoms with Crippen molar-refractivity contribution in [1.82, 2.24) is 10.3 Å². The van der Waals surface area contributed by atoms with Crippen LogP contribution < -0.4 is 5.32 Å². The predicted octanol–water partition coefficient (Wildman–Crippen LogP) is 1.40. The molecule has 2 atom stereocenters. The van der Waals surface area contributed by atoms with E-state index < -0.39 is 0 Å². The predicted molar refractivity (Wildman–Crippen MR) is 77.0 cm³/mol. The summed E-state index contributed by atoms with van der Waals surface area (Å²) in [6.07, 6.45) is 5.34. The second-order valence-corrected chi connectivity index (χ2v) is 5.91. The normalized spacial score (nSPS) is 13.9. The van der Waals surface area contributed by atoms with Gasteiger partial charge in [0.1, 0.15) is 0 Å². The molecule has 6 heteroatoms. The smallest absolute Gasteiger partial charge is 0.230 e. The summed E-state index contributed by atoms with van der Waals surface area (Å²) in [4.78, 5) is 16.7. The van der Waals surface area contributed by atoms with Gasteiger partial charge in [0.05, 0.1) is 12.4 Å². The summed E-state index contributed by atoms with van der Waals surface area (Å²) in [5.41, 5.74) is 0. The van der Waals surface area contributed by atoms with Crippen LogP contribution in [0.3, 0.4) is 0 Å². The highest BCUT2D eigenvalue weighted by Crippen LogP contribution is 2.16. The minimum absolute atomic E-state index is 0.0168. The first-order valence-electron chi connectivity index (χ1n) is 5.63. The fraction of sp³-hybridized carbons (Fsp3) is 0.500. The molecule has 4 nitrogen and oxygen atoms in total. The zero-order valence-electron chi connectivity index (χ0n) is 10.5. The summed E-state index contributed by atoms with van der Waals surface area (Å²) < 4.78 is 0. The molecule has 0 saturated heterocycles. The second-order valence-electron chi connectivity index (χ2n) is 3.78. The molecule has 0 aliphatic carbocycles. The number of carbonyl (C=O) groups excluding carboxylic acids is 1. The van der Waals surface area contributed by atoms with E-state index in [1.165, 1.54) is 11.8 Å². The highest BCUT2D eigenvalue weighted by Gasteiger charge is 2.17. The fourth-order valence-corrected chi connectivity index (χ4v) is 2.73. The number of carbonyl (C=O) groups is 1. The van der Waals surface area contributed by atoms with Gasteiger partial charge in [0.15, 0.2) is 0 Å². The first-order chi connectivity index (χ1) is 8.67. The molecule has 1 amide bonds. The summed E-state index contributed by atoms with van der Waals surface area (Å²) in [7, 11) is 0. The van der Waals surface area contributed by atoms with Crippen molar-refractivity contribution in [3.05, 3.63) is 24.5 Å². The van der Waals surface area contributed by atoms with E-state index in [-0.39, 0.29) is 23.8 Å². The van der Waals surface area contributed by atoms with Crippen LogP contribution in [-0.4, -0.2) is 45.9 Å². The first-order valence-corrected chi connectivity index (χ1v) is 7.90. The Balaban J connectivity index is 2.33. The molecule has 0 bridgehead atoms. The van der Waals surface area contributed by atoms with Crippen molar-refractivity contribution in [3.63, 3.8) is 0 Å². The molecule has 100 valence electrons. The minimum Gasteiger partial charge on any atom is -0.395 e. The van der Waals surface area contributed by atoms with Crippen LogP contribution in [0, 0.1) is 0 Å². The van der Waals surface area contributed by atoms with Crippen LogP contribution in [0.25, 0.3) is 0 Å². The second kappa shape index (κ2) is 8.39. The third-order valence-electron chi connectivity index (χ3n) is 2.45. The zero-order valence-corrected chi connectivity index (χ0v) is 12.1. The number of hydrogen-bond acceptors (Lipinski definition) is 5. The lowest BCUT2D eigenvalue weighted by Gasteiger charge is -2.21. The van der Waals surface area contributed by atoms with E-state index in [1.807, 2.05) is 25.3 Å². The maximum Gasteiger partial charge on any atom is 0.230 e. The van der Waals surface area contributed by atoms with E-state index in [0.29, 0.717) is 5.75 Å². The van der Waals surface area contributed by atoms with Crippen molar-refractivity contribution in [2.24, 2.45) is 0 Å². The molecule has 0 spiro atoms. The number of thioether (sulfide) groups is 2. The van der Waals surface area contributed by atoms with Crippen LogP contribution in [-0.2, 0) is 4.79 Å². The number of rotatable bonds is 7. The quantitative estimate of drug-likeness (QED) is 0.742. The summed E-state index contributed by atoms with van der Waals surface area (Å²) in [6, 6.07) is 3.72. The molecule has 0 fully saturated rings.